The zero-order valence-corrected chi connectivity index (χ0v) is 12.4. The van der Waals surface area contributed by atoms with Gasteiger partial charge in [-0.05, 0) is 43.7 Å². The first kappa shape index (κ1) is 14.7. The Labute approximate surface area is 110 Å². The average molecular weight is 254 g/mol. The largest absolute Gasteiger partial charge is 0.330 e. The lowest BCUT2D eigenvalue weighted by Gasteiger charge is -2.36. The molecule has 1 aromatic rings. The molecule has 3 heteroatoms. The predicted octanol–water partition coefficient (Wildman–Crippen LogP) is 3.33. The molecule has 2 N–H and O–H groups in total. The monoisotopic (exact) mass is 254 g/mol. The molecule has 0 saturated carbocycles. The first-order valence-electron chi connectivity index (χ1n) is 6.47. The molecule has 0 saturated heterocycles. The van der Waals surface area contributed by atoms with Gasteiger partial charge < -0.3 is 5.73 Å². The van der Waals surface area contributed by atoms with Crippen molar-refractivity contribution in [3.8, 4) is 0 Å². The molecule has 2 nitrogen and oxygen atoms in total. The summed E-state index contributed by atoms with van der Waals surface area (Å²) in [5.74, 6) is 0. The van der Waals surface area contributed by atoms with Crippen LogP contribution in [0.4, 0.5) is 0 Å². The van der Waals surface area contributed by atoms with Gasteiger partial charge in [0.25, 0.3) is 0 Å². The maximum absolute atomic E-state index is 5.92. The minimum Gasteiger partial charge on any atom is -0.330 e. The van der Waals surface area contributed by atoms with Crippen LogP contribution < -0.4 is 5.73 Å². The van der Waals surface area contributed by atoms with Gasteiger partial charge in [0.1, 0.15) is 0 Å². The Morgan fingerprint density at radius 2 is 2.18 bits per heavy atom. The third-order valence-electron chi connectivity index (χ3n) is 3.60. The summed E-state index contributed by atoms with van der Waals surface area (Å²) in [6.45, 7) is 11.9. The molecule has 0 aliphatic carbocycles. The molecule has 1 heterocycles. The lowest BCUT2D eigenvalue weighted by Crippen LogP contribution is -2.42. The average Bonchev–Trinajstić information content (AvgIpc) is 2.80. The van der Waals surface area contributed by atoms with Crippen LogP contribution in [0.5, 0.6) is 0 Å². The van der Waals surface area contributed by atoms with Gasteiger partial charge in [0.15, 0.2) is 0 Å². The van der Waals surface area contributed by atoms with E-state index in [9.17, 15) is 0 Å². The van der Waals surface area contributed by atoms with Gasteiger partial charge in [-0.15, -0.1) is 11.3 Å². The summed E-state index contributed by atoms with van der Waals surface area (Å²) in [6, 6.07) is 4.90. The van der Waals surface area contributed by atoms with E-state index in [1.165, 1.54) is 4.88 Å². The van der Waals surface area contributed by atoms with Gasteiger partial charge in [-0.25, -0.2) is 0 Å². The summed E-state index contributed by atoms with van der Waals surface area (Å²) in [5.41, 5.74) is 6.15. The summed E-state index contributed by atoms with van der Waals surface area (Å²) in [7, 11) is 0. The topological polar surface area (TPSA) is 29.3 Å². The number of hydrogen-bond donors (Lipinski definition) is 1. The second kappa shape index (κ2) is 6.53. The van der Waals surface area contributed by atoms with E-state index in [1.807, 2.05) is 11.3 Å². The van der Waals surface area contributed by atoms with Crippen LogP contribution in [0.15, 0.2) is 17.5 Å². The highest BCUT2D eigenvalue weighted by molar-refractivity contribution is 7.09. The minimum absolute atomic E-state index is 0.238. The van der Waals surface area contributed by atoms with Crippen molar-refractivity contribution in [2.75, 3.05) is 13.1 Å². The summed E-state index contributed by atoms with van der Waals surface area (Å²) in [4.78, 5) is 3.97. The Kier molecular flexibility index (Phi) is 5.63. The summed E-state index contributed by atoms with van der Waals surface area (Å²) < 4.78 is 0. The summed E-state index contributed by atoms with van der Waals surface area (Å²) >= 11 is 1.84. The van der Waals surface area contributed by atoms with Crippen LogP contribution >= 0.6 is 11.3 Å². The van der Waals surface area contributed by atoms with Gasteiger partial charge in [-0.1, -0.05) is 19.9 Å². The Bertz CT molecular complexity index is 302. The second-order valence-electron chi connectivity index (χ2n) is 5.45. The lowest BCUT2D eigenvalue weighted by atomic mass is 9.86. The Balaban J connectivity index is 2.66. The number of nitrogens with two attached hydrogens (primary N) is 1. The molecule has 0 bridgehead atoms. The normalized spacial score (nSPS) is 15.5. The van der Waals surface area contributed by atoms with E-state index >= 15 is 0 Å². The van der Waals surface area contributed by atoms with Gasteiger partial charge in [-0.3, -0.25) is 4.90 Å². The van der Waals surface area contributed by atoms with Crippen LogP contribution in [0.2, 0.25) is 0 Å². The van der Waals surface area contributed by atoms with Crippen LogP contribution in [-0.4, -0.2) is 24.0 Å². The summed E-state index contributed by atoms with van der Waals surface area (Å²) in [6.07, 6.45) is 1.14. The molecular formula is C14H26N2S. The van der Waals surface area contributed by atoms with Gasteiger partial charge in [-0.2, -0.15) is 0 Å². The van der Waals surface area contributed by atoms with E-state index in [2.05, 4.69) is 50.1 Å². The maximum Gasteiger partial charge on any atom is 0.0330 e. The Morgan fingerprint density at radius 3 is 2.59 bits per heavy atom. The van der Waals surface area contributed by atoms with Gasteiger partial charge in [0.05, 0.1) is 0 Å². The van der Waals surface area contributed by atoms with Crippen LogP contribution in [0.1, 0.15) is 39.0 Å². The van der Waals surface area contributed by atoms with Crippen molar-refractivity contribution in [3.63, 3.8) is 0 Å². The molecule has 0 fully saturated rings. The molecule has 0 spiro atoms. The van der Waals surface area contributed by atoms with E-state index in [1.54, 1.807) is 0 Å². The van der Waals surface area contributed by atoms with Crippen molar-refractivity contribution < 1.29 is 0 Å². The fourth-order valence-electron chi connectivity index (χ4n) is 1.83. The molecule has 0 aromatic carbocycles. The van der Waals surface area contributed by atoms with Gasteiger partial charge >= 0.3 is 0 Å². The SMILES string of the molecule is CCC(C)(CN)CN(Cc1cccs1)C(C)C. The smallest absolute Gasteiger partial charge is 0.0330 e. The first-order chi connectivity index (χ1) is 8.00. The lowest BCUT2D eigenvalue weighted by molar-refractivity contribution is 0.128. The van der Waals surface area contributed by atoms with Crippen LogP contribution in [0.3, 0.4) is 0 Å². The Hall–Kier alpha value is -0.380. The van der Waals surface area contributed by atoms with Crippen molar-refractivity contribution >= 4 is 11.3 Å². The van der Waals surface area contributed by atoms with Gasteiger partial charge in [0, 0.05) is 24.0 Å². The van der Waals surface area contributed by atoms with E-state index in [0.29, 0.717) is 6.04 Å². The second-order valence-corrected chi connectivity index (χ2v) is 6.48. The third kappa shape index (κ3) is 4.41. The van der Waals surface area contributed by atoms with Crippen LogP contribution in [0.25, 0.3) is 0 Å². The Morgan fingerprint density at radius 1 is 1.47 bits per heavy atom. The molecule has 1 unspecified atom stereocenters. The van der Waals surface area contributed by atoms with Crippen molar-refractivity contribution in [2.24, 2.45) is 11.1 Å². The van der Waals surface area contributed by atoms with Crippen molar-refractivity contribution in [1.82, 2.24) is 4.90 Å². The van der Waals surface area contributed by atoms with E-state index in [-0.39, 0.29) is 5.41 Å². The molecule has 17 heavy (non-hydrogen) atoms. The number of hydrogen-bond acceptors (Lipinski definition) is 3. The molecule has 1 aromatic heterocycles. The van der Waals surface area contributed by atoms with Crippen molar-refractivity contribution in [3.05, 3.63) is 22.4 Å². The predicted molar refractivity (Wildman–Crippen MR) is 77.3 cm³/mol. The molecule has 98 valence electrons. The molecule has 1 rings (SSSR count). The van der Waals surface area contributed by atoms with Gasteiger partial charge in [0.2, 0.25) is 0 Å². The number of thiophene rings is 1. The molecular weight excluding hydrogens is 228 g/mol. The van der Waals surface area contributed by atoms with Crippen molar-refractivity contribution in [1.29, 1.82) is 0 Å². The highest BCUT2D eigenvalue weighted by Crippen LogP contribution is 2.24. The van der Waals surface area contributed by atoms with E-state index < -0.39 is 0 Å². The van der Waals surface area contributed by atoms with E-state index in [0.717, 1.165) is 26.1 Å². The third-order valence-corrected chi connectivity index (χ3v) is 4.46. The molecule has 0 amide bonds. The number of nitrogens with zero attached hydrogens (tertiary/aromatic N) is 1. The fourth-order valence-corrected chi connectivity index (χ4v) is 2.56. The molecule has 1 atom stereocenters. The first-order valence-corrected chi connectivity index (χ1v) is 7.35. The summed E-state index contributed by atoms with van der Waals surface area (Å²) in [5, 5.41) is 2.15. The number of rotatable bonds is 7. The molecule has 0 aliphatic heterocycles. The van der Waals surface area contributed by atoms with Crippen molar-refractivity contribution in [2.45, 2.75) is 46.7 Å². The van der Waals surface area contributed by atoms with E-state index in [4.69, 9.17) is 5.73 Å². The zero-order chi connectivity index (χ0) is 12.9. The molecule has 0 aliphatic rings. The molecule has 0 radical (unpaired) electrons. The van der Waals surface area contributed by atoms with Crippen LogP contribution in [-0.2, 0) is 6.54 Å². The standard InChI is InChI=1S/C14H26N2S/c1-5-14(4,10-15)11-16(12(2)3)9-13-7-6-8-17-13/h6-8,12H,5,9-11,15H2,1-4H3. The fraction of sp³-hybridized carbons (Fsp3) is 0.714. The highest BCUT2D eigenvalue weighted by atomic mass is 32.1. The highest BCUT2D eigenvalue weighted by Gasteiger charge is 2.25. The quantitative estimate of drug-likeness (QED) is 0.808. The maximum atomic E-state index is 5.92. The zero-order valence-electron chi connectivity index (χ0n) is 11.6. The minimum atomic E-state index is 0.238. The van der Waals surface area contributed by atoms with Crippen LogP contribution in [0, 0.1) is 5.41 Å².